The van der Waals surface area contributed by atoms with E-state index in [1.165, 1.54) is 19.1 Å². The van der Waals surface area contributed by atoms with Crippen LogP contribution in [0.3, 0.4) is 0 Å². The molecule has 2 aromatic carbocycles. The van der Waals surface area contributed by atoms with E-state index in [2.05, 4.69) is 9.71 Å². The van der Waals surface area contributed by atoms with Crippen LogP contribution in [0.15, 0.2) is 65.7 Å². The number of aromatic nitrogens is 1. The monoisotopic (exact) mass is 344 g/mol. The summed E-state index contributed by atoms with van der Waals surface area (Å²) >= 11 is 0. The van der Waals surface area contributed by atoms with Gasteiger partial charge < -0.3 is 9.72 Å². The van der Waals surface area contributed by atoms with E-state index in [4.69, 9.17) is 4.74 Å². The Labute approximate surface area is 139 Å². The second-order valence-electron chi connectivity index (χ2n) is 5.28. The summed E-state index contributed by atoms with van der Waals surface area (Å²) in [6, 6.07) is 14.2. The molecule has 0 bridgehead atoms. The summed E-state index contributed by atoms with van der Waals surface area (Å²) in [5, 5.41) is 0.754. The van der Waals surface area contributed by atoms with Crippen molar-refractivity contribution >= 4 is 26.9 Å². The number of hydrogen-bond acceptors (Lipinski definition) is 4. The number of fused-ring (bicyclic) bond motifs is 1. The molecule has 0 unspecified atom stereocenters. The van der Waals surface area contributed by atoms with Crippen molar-refractivity contribution < 1.29 is 17.9 Å². The van der Waals surface area contributed by atoms with E-state index in [0.29, 0.717) is 5.75 Å². The van der Waals surface area contributed by atoms with Gasteiger partial charge in [0.1, 0.15) is 6.04 Å². The fraction of sp³-hybridized carbons (Fsp3) is 0.118. The molecule has 3 aromatic rings. The van der Waals surface area contributed by atoms with Crippen LogP contribution in [0.25, 0.3) is 10.9 Å². The molecule has 2 N–H and O–H groups in total. The highest BCUT2D eigenvalue weighted by Crippen LogP contribution is 2.25. The molecule has 7 heteroatoms. The Hall–Kier alpha value is -2.64. The maximum atomic E-state index is 12.2. The first-order valence-electron chi connectivity index (χ1n) is 7.32. The summed E-state index contributed by atoms with van der Waals surface area (Å²) in [5.74, 6) is -0.319. The van der Waals surface area contributed by atoms with Gasteiger partial charge in [-0.1, -0.05) is 30.3 Å². The van der Waals surface area contributed by atoms with Crippen LogP contribution in [0.4, 0.5) is 0 Å². The molecule has 0 aliphatic heterocycles. The van der Waals surface area contributed by atoms with Crippen molar-refractivity contribution in [1.82, 2.24) is 9.71 Å². The van der Waals surface area contributed by atoms with Crippen LogP contribution in [0.1, 0.15) is 6.92 Å². The van der Waals surface area contributed by atoms with E-state index in [1.807, 2.05) is 24.3 Å². The van der Waals surface area contributed by atoms with Crippen molar-refractivity contribution in [1.29, 1.82) is 0 Å². The van der Waals surface area contributed by atoms with E-state index in [0.717, 1.165) is 10.9 Å². The van der Waals surface area contributed by atoms with Crippen molar-refractivity contribution in [3.05, 3.63) is 60.8 Å². The lowest BCUT2D eigenvalue weighted by Gasteiger charge is -2.13. The van der Waals surface area contributed by atoms with Crippen LogP contribution in [-0.2, 0) is 14.8 Å². The van der Waals surface area contributed by atoms with Gasteiger partial charge in [-0.3, -0.25) is 0 Å². The van der Waals surface area contributed by atoms with E-state index in [-0.39, 0.29) is 4.90 Å². The number of carbonyl (C=O) groups is 1. The number of nitrogens with one attached hydrogen (secondary N) is 2. The van der Waals surface area contributed by atoms with Crippen LogP contribution in [0.5, 0.6) is 5.75 Å². The number of para-hydroxylation sites is 1. The van der Waals surface area contributed by atoms with Crippen molar-refractivity contribution in [3.63, 3.8) is 0 Å². The van der Waals surface area contributed by atoms with Gasteiger partial charge >= 0.3 is 5.97 Å². The minimum atomic E-state index is -3.78. The molecule has 24 heavy (non-hydrogen) atoms. The molecule has 3 rings (SSSR count). The van der Waals surface area contributed by atoms with Crippen LogP contribution in [0, 0.1) is 0 Å². The van der Waals surface area contributed by atoms with E-state index < -0.39 is 22.0 Å². The number of sulfonamides is 1. The van der Waals surface area contributed by atoms with Gasteiger partial charge in [-0.15, -0.1) is 0 Å². The number of benzene rings is 2. The van der Waals surface area contributed by atoms with E-state index >= 15 is 0 Å². The summed E-state index contributed by atoms with van der Waals surface area (Å²) < 4.78 is 32.1. The fourth-order valence-corrected chi connectivity index (χ4v) is 3.49. The highest BCUT2D eigenvalue weighted by molar-refractivity contribution is 7.89. The average molecular weight is 344 g/mol. The third-order valence-corrected chi connectivity index (χ3v) is 5.06. The van der Waals surface area contributed by atoms with Crippen LogP contribution >= 0.6 is 0 Å². The molecular formula is C17H16N2O4S. The zero-order chi connectivity index (χ0) is 17.2. The number of carbonyl (C=O) groups excluding carboxylic acids is 1. The average Bonchev–Trinajstić information content (AvgIpc) is 2.98. The quantitative estimate of drug-likeness (QED) is 0.696. The molecular weight excluding hydrogens is 328 g/mol. The first kappa shape index (κ1) is 16.2. The van der Waals surface area contributed by atoms with Crippen LogP contribution in [-0.4, -0.2) is 25.4 Å². The standard InChI is InChI=1S/C17H16N2O4S/c1-12(19-24(21,22)13-7-3-2-4-8-13)17(20)23-16-11-18-15-10-6-5-9-14(15)16/h2-12,18-19H,1H3/t12-/m0/s1. The summed E-state index contributed by atoms with van der Waals surface area (Å²) in [6.07, 6.45) is 1.57. The first-order chi connectivity index (χ1) is 11.5. The normalized spacial score (nSPS) is 12.9. The van der Waals surface area contributed by atoms with Gasteiger partial charge in [0.25, 0.3) is 0 Å². The summed E-state index contributed by atoms with van der Waals surface area (Å²) in [4.78, 5) is 15.3. The van der Waals surface area contributed by atoms with E-state index in [1.54, 1.807) is 24.4 Å². The molecule has 0 spiro atoms. The Bertz CT molecular complexity index is 964. The van der Waals surface area contributed by atoms with Gasteiger partial charge in [0.15, 0.2) is 5.75 Å². The number of rotatable bonds is 5. The highest BCUT2D eigenvalue weighted by Gasteiger charge is 2.24. The summed E-state index contributed by atoms with van der Waals surface area (Å²) in [7, 11) is -3.78. The second kappa shape index (κ2) is 6.46. The minimum Gasteiger partial charge on any atom is -0.423 e. The van der Waals surface area contributed by atoms with Crippen molar-refractivity contribution in [2.45, 2.75) is 17.9 Å². The zero-order valence-corrected chi connectivity index (χ0v) is 13.7. The Balaban J connectivity index is 1.73. The smallest absolute Gasteiger partial charge is 0.329 e. The Morgan fingerprint density at radius 3 is 2.50 bits per heavy atom. The van der Waals surface area contributed by atoms with Gasteiger partial charge in [-0.05, 0) is 31.2 Å². The Morgan fingerprint density at radius 2 is 1.75 bits per heavy atom. The predicted molar refractivity (Wildman–Crippen MR) is 90.2 cm³/mol. The van der Waals surface area contributed by atoms with Gasteiger partial charge in [-0.25, -0.2) is 13.2 Å². The lowest BCUT2D eigenvalue weighted by atomic mass is 10.2. The Kier molecular flexibility index (Phi) is 4.37. The molecule has 1 heterocycles. The molecule has 0 saturated heterocycles. The molecule has 0 aliphatic rings. The van der Waals surface area contributed by atoms with Gasteiger partial charge in [0.05, 0.1) is 4.90 Å². The number of aromatic amines is 1. The summed E-state index contributed by atoms with van der Waals surface area (Å²) in [6.45, 7) is 1.44. The molecule has 1 aromatic heterocycles. The maximum absolute atomic E-state index is 12.2. The zero-order valence-electron chi connectivity index (χ0n) is 12.9. The number of hydrogen-bond donors (Lipinski definition) is 2. The number of ether oxygens (including phenoxy) is 1. The van der Waals surface area contributed by atoms with E-state index in [9.17, 15) is 13.2 Å². The van der Waals surface area contributed by atoms with Gasteiger partial charge in [0.2, 0.25) is 10.0 Å². The molecule has 1 atom stereocenters. The third-order valence-electron chi connectivity index (χ3n) is 3.50. The number of H-pyrrole nitrogens is 1. The molecule has 0 radical (unpaired) electrons. The van der Waals surface area contributed by atoms with Crippen molar-refractivity contribution in [3.8, 4) is 5.75 Å². The van der Waals surface area contributed by atoms with Gasteiger partial charge in [0, 0.05) is 17.1 Å². The third kappa shape index (κ3) is 3.32. The predicted octanol–water partition coefficient (Wildman–Crippen LogP) is 2.44. The highest BCUT2D eigenvalue weighted by atomic mass is 32.2. The lowest BCUT2D eigenvalue weighted by molar-refractivity contribution is -0.135. The van der Waals surface area contributed by atoms with Crippen LogP contribution < -0.4 is 9.46 Å². The number of esters is 1. The summed E-state index contributed by atoms with van der Waals surface area (Å²) in [5.41, 5.74) is 0.831. The fourth-order valence-electron chi connectivity index (χ4n) is 2.27. The topological polar surface area (TPSA) is 88.3 Å². The Morgan fingerprint density at radius 1 is 1.08 bits per heavy atom. The molecule has 6 nitrogen and oxygen atoms in total. The molecule has 124 valence electrons. The van der Waals surface area contributed by atoms with Crippen LogP contribution in [0.2, 0.25) is 0 Å². The second-order valence-corrected chi connectivity index (χ2v) is 6.99. The molecule has 0 saturated carbocycles. The maximum Gasteiger partial charge on any atom is 0.329 e. The largest absolute Gasteiger partial charge is 0.423 e. The van der Waals surface area contributed by atoms with Crippen molar-refractivity contribution in [2.75, 3.05) is 0 Å². The van der Waals surface area contributed by atoms with Crippen molar-refractivity contribution in [2.24, 2.45) is 0 Å². The minimum absolute atomic E-state index is 0.0942. The molecule has 0 fully saturated rings. The molecule has 0 amide bonds. The molecule has 0 aliphatic carbocycles. The lowest BCUT2D eigenvalue weighted by Crippen LogP contribution is -2.40. The van der Waals surface area contributed by atoms with Gasteiger partial charge in [-0.2, -0.15) is 4.72 Å². The SMILES string of the molecule is C[C@H](NS(=O)(=O)c1ccccc1)C(=O)Oc1c[nH]c2ccccc12. The first-order valence-corrected chi connectivity index (χ1v) is 8.81.